The van der Waals surface area contributed by atoms with E-state index < -0.39 is 0 Å². The average molecular weight is 507 g/mol. The van der Waals surface area contributed by atoms with Crippen molar-refractivity contribution >= 4 is 41.7 Å². The van der Waals surface area contributed by atoms with Crippen LogP contribution in [0, 0.1) is 0 Å². The van der Waals surface area contributed by atoms with E-state index in [4.69, 9.17) is 0 Å². The lowest BCUT2D eigenvalue weighted by Crippen LogP contribution is -2.39. The number of nitrogens with zero attached hydrogens (tertiary/aromatic N) is 3. The van der Waals surface area contributed by atoms with Crippen molar-refractivity contribution in [3.05, 3.63) is 78.6 Å². The Morgan fingerprint density at radius 3 is 2.46 bits per heavy atom. The van der Waals surface area contributed by atoms with Gasteiger partial charge >= 0.3 is 0 Å². The Balaban J connectivity index is 0.00000280. The number of aliphatic imine (C=N–C) groups is 1. The van der Waals surface area contributed by atoms with Gasteiger partial charge < -0.3 is 10.6 Å². The molecule has 148 valence electrons. The lowest BCUT2D eigenvalue weighted by atomic mass is 10.2. The minimum atomic E-state index is 0. The fourth-order valence-corrected chi connectivity index (χ4v) is 3.55. The molecule has 28 heavy (non-hydrogen) atoms. The maximum atomic E-state index is 4.31. The van der Waals surface area contributed by atoms with Gasteiger partial charge in [-0.25, -0.2) is 4.68 Å². The van der Waals surface area contributed by atoms with Crippen molar-refractivity contribution in [3.63, 3.8) is 0 Å². The van der Waals surface area contributed by atoms with Crippen molar-refractivity contribution in [3.8, 4) is 5.69 Å². The molecule has 1 unspecified atom stereocenters. The SMILES string of the molecule is CN=C(NCc1ccc(-n2cccn2)cc1)NCC(C)Sc1ccccc1.I. The van der Waals surface area contributed by atoms with Crippen LogP contribution < -0.4 is 10.6 Å². The zero-order valence-electron chi connectivity index (χ0n) is 16.1. The van der Waals surface area contributed by atoms with Gasteiger partial charge in [0.1, 0.15) is 0 Å². The van der Waals surface area contributed by atoms with Gasteiger partial charge in [-0.3, -0.25) is 4.99 Å². The first-order chi connectivity index (χ1) is 13.2. The van der Waals surface area contributed by atoms with Crippen LogP contribution in [-0.4, -0.2) is 34.6 Å². The predicted molar refractivity (Wildman–Crippen MR) is 129 cm³/mol. The number of rotatable bonds is 7. The van der Waals surface area contributed by atoms with Crippen LogP contribution in [0.25, 0.3) is 5.69 Å². The standard InChI is InChI=1S/C21H25N5S.HI/c1-17(27-20-7-4-3-5-8-20)15-23-21(22-2)24-16-18-9-11-19(12-10-18)26-14-6-13-25-26;/h3-14,17H,15-16H2,1-2H3,(H2,22,23,24);1H. The van der Waals surface area contributed by atoms with Gasteiger partial charge in [-0.15, -0.1) is 35.7 Å². The third-order valence-corrected chi connectivity index (χ3v) is 5.14. The van der Waals surface area contributed by atoms with Crippen molar-refractivity contribution in [2.24, 2.45) is 4.99 Å². The van der Waals surface area contributed by atoms with Crippen molar-refractivity contribution in [2.75, 3.05) is 13.6 Å². The zero-order chi connectivity index (χ0) is 18.9. The average Bonchev–Trinajstić information content (AvgIpc) is 3.24. The van der Waals surface area contributed by atoms with Crippen LogP contribution >= 0.6 is 35.7 Å². The molecule has 0 saturated heterocycles. The summed E-state index contributed by atoms with van der Waals surface area (Å²) < 4.78 is 1.85. The molecule has 0 bridgehead atoms. The monoisotopic (exact) mass is 507 g/mol. The van der Waals surface area contributed by atoms with Gasteiger partial charge in [0.05, 0.1) is 5.69 Å². The third-order valence-electron chi connectivity index (χ3n) is 4.03. The zero-order valence-corrected chi connectivity index (χ0v) is 19.2. The summed E-state index contributed by atoms with van der Waals surface area (Å²) in [5.41, 5.74) is 2.25. The van der Waals surface area contributed by atoms with E-state index in [0.29, 0.717) is 5.25 Å². The summed E-state index contributed by atoms with van der Waals surface area (Å²) in [5, 5.41) is 11.5. The van der Waals surface area contributed by atoms with Crippen LogP contribution in [-0.2, 0) is 6.54 Å². The molecular weight excluding hydrogens is 481 g/mol. The number of hydrogen-bond acceptors (Lipinski definition) is 3. The first-order valence-corrected chi connectivity index (χ1v) is 9.88. The Morgan fingerprint density at radius 1 is 1.07 bits per heavy atom. The number of benzene rings is 2. The topological polar surface area (TPSA) is 54.2 Å². The van der Waals surface area contributed by atoms with E-state index in [2.05, 4.69) is 76.2 Å². The largest absolute Gasteiger partial charge is 0.355 e. The number of thioether (sulfide) groups is 1. The Hall–Kier alpha value is -2.00. The van der Waals surface area contributed by atoms with E-state index in [1.807, 2.05) is 34.8 Å². The van der Waals surface area contributed by atoms with Crippen molar-refractivity contribution < 1.29 is 0 Å². The highest BCUT2D eigenvalue weighted by Gasteiger charge is 2.06. The normalized spacial score (nSPS) is 12.1. The summed E-state index contributed by atoms with van der Waals surface area (Å²) in [6.45, 7) is 3.78. The van der Waals surface area contributed by atoms with Crippen LogP contribution in [0.5, 0.6) is 0 Å². The van der Waals surface area contributed by atoms with E-state index in [1.54, 1.807) is 13.2 Å². The van der Waals surface area contributed by atoms with E-state index in [1.165, 1.54) is 10.5 Å². The molecule has 3 aromatic rings. The smallest absolute Gasteiger partial charge is 0.191 e. The molecule has 7 heteroatoms. The second kappa shape index (κ2) is 11.8. The number of guanidine groups is 1. The summed E-state index contributed by atoms with van der Waals surface area (Å²) in [6, 6.07) is 20.7. The van der Waals surface area contributed by atoms with Crippen molar-refractivity contribution in [1.29, 1.82) is 0 Å². The van der Waals surface area contributed by atoms with Crippen molar-refractivity contribution in [2.45, 2.75) is 23.6 Å². The predicted octanol–water partition coefficient (Wildman–Crippen LogP) is 4.34. The molecule has 0 aliphatic carbocycles. The van der Waals surface area contributed by atoms with E-state index in [0.717, 1.165) is 24.7 Å². The van der Waals surface area contributed by atoms with Crippen LogP contribution in [0.15, 0.2) is 82.9 Å². The first kappa shape index (κ1) is 22.3. The minimum absolute atomic E-state index is 0. The number of nitrogens with one attached hydrogen (secondary N) is 2. The maximum Gasteiger partial charge on any atom is 0.191 e. The van der Waals surface area contributed by atoms with Gasteiger partial charge in [-0.05, 0) is 35.9 Å². The molecule has 0 spiro atoms. The molecule has 0 aliphatic rings. The van der Waals surface area contributed by atoms with Gasteiger partial charge in [0, 0.05) is 42.7 Å². The highest BCUT2D eigenvalue weighted by molar-refractivity contribution is 14.0. The lowest BCUT2D eigenvalue weighted by Gasteiger charge is -2.16. The Morgan fingerprint density at radius 2 is 1.82 bits per heavy atom. The van der Waals surface area contributed by atoms with Gasteiger partial charge in [0.15, 0.2) is 5.96 Å². The summed E-state index contributed by atoms with van der Waals surface area (Å²) in [5.74, 6) is 0.812. The fourth-order valence-electron chi connectivity index (χ4n) is 2.61. The molecule has 1 heterocycles. The van der Waals surface area contributed by atoms with Crippen LogP contribution in [0.2, 0.25) is 0 Å². The molecule has 1 atom stereocenters. The van der Waals surface area contributed by atoms with Crippen LogP contribution in [0.1, 0.15) is 12.5 Å². The van der Waals surface area contributed by atoms with E-state index in [9.17, 15) is 0 Å². The van der Waals surface area contributed by atoms with E-state index in [-0.39, 0.29) is 24.0 Å². The Labute approximate surface area is 188 Å². The number of aromatic nitrogens is 2. The van der Waals surface area contributed by atoms with Crippen LogP contribution in [0.3, 0.4) is 0 Å². The molecular formula is C21H26IN5S. The lowest BCUT2D eigenvalue weighted by molar-refractivity contribution is 0.789. The highest BCUT2D eigenvalue weighted by atomic mass is 127. The molecule has 5 nitrogen and oxygen atoms in total. The summed E-state index contributed by atoms with van der Waals surface area (Å²) in [6.07, 6.45) is 3.72. The molecule has 2 N–H and O–H groups in total. The molecule has 0 saturated carbocycles. The third kappa shape index (κ3) is 6.87. The summed E-state index contributed by atoms with van der Waals surface area (Å²) in [4.78, 5) is 5.60. The molecule has 0 amide bonds. The van der Waals surface area contributed by atoms with Gasteiger partial charge in [0.2, 0.25) is 0 Å². The second-order valence-corrected chi connectivity index (χ2v) is 7.68. The minimum Gasteiger partial charge on any atom is -0.355 e. The Bertz CT molecular complexity index is 835. The quantitative estimate of drug-likeness (QED) is 0.216. The van der Waals surface area contributed by atoms with Gasteiger partial charge in [-0.1, -0.05) is 37.3 Å². The van der Waals surface area contributed by atoms with Crippen LogP contribution in [0.4, 0.5) is 0 Å². The summed E-state index contributed by atoms with van der Waals surface area (Å²) in [7, 11) is 1.80. The molecule has 0 aliphatic heterocycles. The van der Waals surface area contributed by atoms with E-state index >= 15 is 0 Å². The van der Waals surface area contributed by atoms with Gasteiger partial charge in [-0.2, -0.15) is 5.10 Å². The first-order valence-electron chi connectivity index (χ1n) is 9.00. The molecule has 3 rings (SSSR count). The Kier molecular flexibility index (Phi) is 9.36. The molecule has 0 radical (unpaired) electrons. The van der Waals surface area contributed by atoms with Gasteiger partial charge in [0.25, 0.3) is 0 Å². The highest BCUT2D eigenvalue weighted by Crippen LogP contribution is 2.21. The fraction of sp³-hybridized carbons (Fsp3) is 0.238. The number of halogens is 1. The summed E-state index contributed by atoms with van der Waals surface area (Å²) >= 11 is 1.86. The maximum absolute atomic E-state index is 4.31. The second-order valence-electron chi connectivity index (χ2n) is 6.17. The number of hydrogen-bond donors (Lipinski definition) is 2. The molecule has 2 aromatic carbocycles. The van der Waals surface area contributed by atoms with Crippen molar-refractivity contribution in [1.82, 2.24) is 20.4 Å². The molecule has 0 fully saturated rings. The molecule has 1 aromatic heterocycles.